The molecule has 96 valence electrons. The fourth-order valence-electron chi connectivity index (χ4n) is 2.41. The number of hydrogen-bond acceptors (Lipinski definition) is 4. The van der Waals surface area contributed by atoms with Crippen molar-refractivity contribution in [2.75, 3.05) is 13.2 Å². The Morgan fingerprint density at radius 2 is 2.17 bits per heavy atom. The van der Waals surface area contributed by atoms with Crippen LogP contribution < -0.4 is 0 Å². The van der Waals surface area contributed by atoms with Crippen molar-refractivity contribution in [1.29, 1.82) is 0 Å². The van der Waals surface area contributed by atoms with Gasteiger partial charge in [0.25, 0.3) is 0 Å². The molecular formula is C12H15ClN4O. The highest BCUT2D eigenvalue weighted by atomic mass is 35.5. The van der Waals surface area contributed by atoms with Crippen LogP contribution in [0.15, 0.2) is 0 Å². The third-order valence-electron chi connectivity index (χ3n) is 3.52. The van der Waals surface area contributed by atoms with E-state index in [2.05, 4.69) is 15.2 Å². The zero-order chi connectivity index (χ0) is 12.7. The lowest BCUT2D eigenvalue weighted by atomic mass is 10.0. The lowest BCUT2D eigenvalue weighted by Gasteiger charge is -2.21. The highest BCUT2D eigenvalue weighted by molar-refractivity contribution is 6.32. The van der Waals surface area contributed by atoms with Crippen LogP contribution in [0.4, 0.5) is 0 Å². The molecule has 1 aliphatic heterocycles. The predicted octanol–water partition coefficient (Wildman–Crippen LogP) is 2.29. The van der Waals surface area contributed by atoms with Crippen molar-refractivity contribution in [3.05, 3.63) is 22.4 Å². The van der Waals surface area contributed by atoms with Crippen LogP contribution in [0.25, 0.3) is 5.65 Å². The van der Waals surface area contributed by atoms with Crippen molar-refractivity contribution in [1.82, 2.24) is 19.6 Å². The summed E-state index contributed by atoms with van der Waals surface area (Å²) in [6.45, 7) is 5.51. The number of halogens is 1. The van der Waals surface area contributed by atoms with Gasteiger partial charge in [0.05, 0.1) is 12.3 Å². The number of fused-ring (bicyclic) bond motifs is 1. The monoisotopic (exact) mass is 266 g/mol. The number of nitrogens with zero attached hydrogens (tertiary/aromatic N) is 4. The normalized spacial score (nSPS) is 20.5. The van der Waals surface area contributed by atoms with E-state index in [1.165, 1.54) is 0 Å². The zero-order valence-electron chi connectivity index (χ0n) is 10.5. The lowest BCUT2D eigenvalue weighted by Crippen LogP contribution is -2.18. The van der Waals surface area contributed by atoms with E-state index in [1.54, 1.807) is 0 Å². The van der Waals surface area contributed by atoms with E-state index in [4.69, 9.17) is 16.3 Å². The molecule has 2 aromatic rings. The van der Waals surface area contributed by atoms with Crippen LogP contribution >= 0.6 is 11.6 Å². The quantitative estimate of drug-likeness (QED) is 0.795. The second-order valence-corrected chi connectivity index (χ2v) is 5.06. The number of aryl methyl sites for hydroxylation is 2. The van der Waals surface area contributed by atoms with Gasteiger partial charge in [0.2, 0.25) is 0 Å². The van der Waals surface area contributed by atoms with Gasteiger partial charge in [-0.1, -0.05) is 11.6 Å². The van der Waals surface area contributed by atoms with Crippen LogP contribution in [0.5, 0.6) is 0 Å². The molecular weight excluding hydrogens is 252 g/mol. The first-order chi connectivity index (χ1) is 8.68. The maximum atomic E-state index is 6.12. The van der Waals surface area contributed by atoms with Crippen LogP contribution in [-0.4, -0.2) is 32.8 Å². The molecule has 3 rings (SSSR count). The topological polar surface area (TPSA) is 52.3 Å². The van der Waals surface area contributed by atoms with E-state index in [-0.39, 0.29) is 0 Å². The van der Waals surface area contributed by atoms with E-state index in [0.717, 1.165) is 36.7 Å². The average Bonchev–Trinajstić information content (AvgIpc) is 2.82. The van der Waals surface area contributed by atoms with Gasteiger partial charge in [0.15, 0.2) is 10.8 Å². The molecule has 3 heterocycles. The van der Waals surface area contributed by atoms with Gasteiger partial charge in [-0.2, -0.15) is 0 Å². The summed E-state index contributed by atoms with van der Waals surface area (Å²) < 4.78 is 7.54. The van der Waals surface area contributed by atoms with Gasteiger partial charge < -0.3 is 4.74 Å². The van der Waals surface area contributed by atoms with Crippen LogP contribution in [0.2, 0.25) is 5.15 Å². The molecule has 0 amide bonds. The molecule has 6 heteroatoms. The first kappa shape index (κ1) is 11.9. The summed E-state index contributed by atoms with van der Waals surface area (Å²) in [7, 11) is 0. The molecule has 0 N–H and O–H groups in total. The lowest BCUT2D eigenvalue weighted by molar-refractivity contribution is 0.0777. The molecule has 1 saturated heterocycles. The molecule has 0 aromatic carbocycles. The molecule has 5 nitrogen and oxygen atoms in total. The van der Waals surface area contributed by atoms with E-state index in [9.17, 15) is 0 Å². The van der Waals surface area contributed by atoms with Crippen molar-refractivity contribution in [2.24, 2.45) is 0 Å². The summed E-state index contributed by atoms with van der Waals surface area (Å²) in [5.74, 6) is 1.24. The molecule has 0 radical (unpaired) electrons. The third-order valence-corrected chi connectivity index (χ3v) is 3.78. The van der Waals surface area contributed by atoms with E-state index in [0.29, 0.717) is 23.3 Å². The number of aromatic nitrogens is 4. The minimum Gasteiger partial charge on any atom is -0.381 e. The Morgan fingerprint density at radius 3 is 2.89 bits per heavy atom. The first-order valence-corrected chi connectivity index (χ1v) is 6.51. The van der Waals surface area contributed by atoms with Crippen LogP contribution in [-0.2, 0) is 4.74 Å². The Balaban J connectivity index is 2.18. The molecule has 0 spiro atoms. The number of ether oxygens (including phenoxy) is 1. The predicted molar refractivity (Wildman–Crippen MR) is 68.1 cm³/mol. The second-order valence-electron chi connectivity index (χ2n) is 4.70. The van der Waals surface area contributed by atoms with Crippen molar-refractivity contribution in [3.63, 3.8) is 0 Å². The van der Waals surface area contributed by atoms with Gasteiger partial charge >= 0.3 is 0 Å². The van der Waals surface area contributed by atoms with Gasteiger partial charge in [-0.3, -0.25) is 4.40 Å². The highest BCUT2D eigenvalue weighted by Crippen LogP contribution is 2.27. The summed E-state index contributed by atoms with van der Waals surface area (Å²) >= 11 is 6.12. The second kappa shape index (κ2) is 4.48. The standard InChI is InChI=1S/C12H15ClN4O/c1-7-8(2)17-11(9-4-3-5-18-6-9)15-16-12(17)10(13)14-7/h9H,3-6H2,1-2H3. The van der Waals surface area contributed by atoms with Gasteiger partial charge in [-0.15, -0.1) is 10.2 Å². The third kappa shape index (κ3) is 1.78. The Bertz CT molecular complexity index is 589. The molecule has 1 aliphatic rings. The largest absolute Gasteiger partial charge is 0.381 e. The molecule has 1 unspecified atom stereocenters. The van der Waals surface area contributed by atoms with Gasteiger partial charge in [-0.05, 0) is 26.7 Å². The molecule has 1 atom stereocenters. The van der Waals surface area contributed by atoms with Crippen molar-refractivity contribution in [3.8, 4) is 0 Å². The van der Waals surface area contributed by atoms with Crippen LogP contribution in [0.1, 0.15) is 36.0 Å². The molecule has 2 aromatic heterocycles. The van der Waals surface area contributed by atoms with Gasteiger partial charge in [-0.25, -0.2) is 4.98 Å². The molecule has 18 heavy (non-hydrogen) atoms. The van der Waals surface area contributed by atoms with Crippen LogP contribution in [0.3, 0.4) is 0 Å². The van der Waals surface area contributed by atoms with Crippen molar-refractivity contribution in [2.45, 2.75) is 32.6 Å². The maximum Gasteiger partial charge on any atom is 0.198 e. The summed E-state index contributed by atoms with van der Waals surface area (Å²) in [5.41, 5.74) is 2.59. The summed E-state index contributed by atoms with van der Waals surface area (Å²) in [6.07, 6.45) is 2.15. The molecule has 1 fully saturated rings. The minimum atomic E-state index is 0.297. The Labute approximate surface area is 110 Å². The fraction of sp³-hybridized carbons (Fsp3) is 0.583. The highest BCUT2D eigenvalue weighted by Gasteiger charge is 2.23. The van der Waals surface area contributed by atoms with Crippen LogP contribution in [0, 0.1) is 13.8 Å². The Hall–Kier alpha value is -1.20. The Kier molecular flexibility index (Phi) is 2.95. The molecule has 0 bridgehead atoms. The summed E-state index contributed by atoms with van der Waals surface area (Å²) in [4.78, 5) is 4.27. The van der Waals surface area contributed by atoms with Gasteiger partial charge in [0.1, 0.15) is 5.82 Å². The van der Waals surface area contributed by atoms with Gasteiger partial charge in [0, 0.05) is 18.2 Å². The van der Waals surface area contributed by atoms with Crippen molar-refractivity contribution < 1.29 is 4.74 Å². The van der Waals surface area contributed by atoms with E-state index < -0.39 is 0 Å². The minimum absolute atomic E-state index is 0.297. The van der Waals surface area contributed by atoms with E-state index in [1.807, 2.05) is 18.2 Å². The molecule has 0 saturated carbocycles. The number of rotatable bonds is 1. The molecule has 0 aliphatic carbocycles. The fourth-order valence-corrected chi connectivity index (χ4v) is 2.66. The number of hydrogen-bond donors (Lipinski definition) is 0. The summed E-state index contributed by atoms with van der Waals surface area (Å²) in [6, 6.07) is 0. The first-order valence-electron chi connectivity index (χ1n) is 6.14. The van der Waals surface area contributed by atoms with E-state index >= 15 is 0 Å². The smallest absolute Gasteiger partial charge is 0.198 e. The maximum absolute atomic E-state index is 6.12. The average molecular weight is 267 g/mol. The zero-order valence-corrected chi connectivity index (χ0v) is 11.2. The SMILES string of the molecule is Cc1nc(Cl)c2nnc(C3CCCOC3)n2c1C. The van der Waals surface area contributed by atoms with Crippen molar-refractivity contribution >= 4 is 17.2 Å². The Morgan fingerprint density at radius 1 is 1.33 bits per heavy atom. The summed E-state index contributed by atoms with van der Waals surface area (Å²) in [5, 5.41) is 8.86.